The summed E-state index contributed by atoms with van der Waals surface area (Å²) in [5.74, 6) is 0.930. The molecule has 2 fully saturated rings. The Morgan fingerprint density at radius 3 is 2.43 bits per heavy atom. The van der Waals surface area contributed by atoms with Crippen LogP contribution in [0.3, 0.4) is 0 Å². The highest BCUT2D eigenvalue weighted by molar-refractivity contribution is 6.32. The summed E-state index contributed by atoms with van der Waals surface area (Å²) in [5, 5.41) is 11.4. The van der Waals surface area contributed by atoms with Crippen molar-refractivity contribution in [3.8, 4) is 11.6 Å². The van der Waals surface area contributed by atoms with Crippen LogP contribution in [0.4, 0.5) is 23.5 Å². The van der Waals surface area contributed by atoms with Crippen LogP contribution < -0.4 is 21.7 Å². The lowest BCUT2D eigenvalue weighted by molar-refractivity contribution is 0.0491. The van der Waals surface area contributed by atoms with E-state index in [-0.39, 0.29) is 51.5 Å². The monoisotopic (exact) mass is 619 g/mol. The molecular formula is C27H39Cl2N11O2. The maximum absolute atomic E-state index is 13.0. The van der Waals surface area contributed by atoms with Gasteiger partial charge < -0.3 is 31.0 Å². The van der Waals surface area contributed by atoms with Gasteiger partial charge in [-0.2, -0.15) is 0 Å². The molecule has 3 aromatic heterocycles. The number of amides is 1. The molecule has 3 aromatic rings. The predicted octanol–water partition coefficient (Wildman–Crippen LogP) is 4.06. The van der Waals surface area contributed by atoms with Gasteiger partial charge in [0, 0.05) is 51.4 Å². The zero-order valence-corrected chi connectivity index (χ0v) is 26.0. The van der Waals surface area contributed by atoms with Crippen LogP contribution in [0.15, 0.2) is 16.5 Å². The zero-order valence-electron chi connectivity index (χ0n) is 24.5. The molecule has 0 saturated carbocycles. The van der Waals surface area contributed by atoms with Crippen LogP contribution in [0, 0.1) is 0 Å². The summed E-state index contributed by atoms with van der Waals surface area (Å²) in [6.07, 6.45) is 2.71. The summed E-state index contributed by atoms with van der Waals surface area (Å²) in [6.45, 7) is 12.3. The molecule has 228 valence electrons. The second kappa shape index (κ2) is 14.2. The van der Waals surface area contributed by atoms with Crippen molar-refractivity contribution < 1.29 is 9.21 Å². The fourth-order valence-electron chi connectivity index (χ4n) is 5.43. The fraction of sp³-hybridized carbons (Fsp3) is 0.556. The van der Waals surface area contributed by atoms with E-state index in [2.05, 4.69) is 47.2 Å². The van der Waals surface area contributed by atoms with Gasteiger partial charge in [0.25, 0.3) is 11.8 Å². The number of aromatic nitrogens is 5. The van der Waals surface area contributed by atoms with Gasteiger partial charge in [0.1, 0.15) is 11.0 Å². The number of nitrogens with one attached hydrogen (secondary N) is 1. The highest BCUT2D eigenvalue weighted by Crippen LogP contribution is 2.33. The lowest BCUT2D eigenvalue weighted by Crippen LogP contribution is -2.58. The van der Waals surface area contributed by atoms with E-state index in [1.165, 1.54) is 0 Å². The number of pyridine rings is 1. The summed E-state index contributed by atoms with van der Waals surface area (Å²) in [6, 6.07) is 4.17. The Kier molecular flexibility index (Phi) is 10.6. The minimum absolute atomic E-state index is 0.107. The molecule has 5 heterocycles. The van der Waals surface area contributed by atoms with Gasteiger partial charge in [0.05, 0.1) is 5.56 Å². The Balaban J connectivity index is 0.00000198. The first kappa shape index (κ1) is 31.5. The van der Waals surface area contributed by atoms with Gasteiger partial charge in [-0.25, -0.2) is 15.0 Å². The summed E-state index contributed by atoms with van der Waals surface area (Å²) in [4.78, 5) is 32.6. The molecule has 5 rings (SSSR count). The fourth-order valence-corrected chi connectivity index (χ4v) is 5.83. The van der Waals surface area contributed by atoms with Crippen molar-refractivity contribution in [3.05, 3.63) is 28.0 Å². The maximum Gasteiger partial charge on any atom is 0.315 e. The largest absolute Gasteiger partial charge is 0.402 e. The highest BCUT2D eigenvalue weighted by Gasteiger charge is 2.35. The van der Waals surface area contributed by atoms with Gasteiger partial charge in [-0.05, 0) is 38.3 Å². The Morgan fingerprint density at radius 2 is 1.76 bits per heavy atom. The molecule has 2 aliphatic heterocycles. The number of likely N-dealkylation sites (tertiary alicyclic amines) is 1. The normalized spacial score (nSPS) is 18.0. The number of carbonyl (C=O) groups is 1. The lowest BCUT2D eigenvalue weighted by Gasteiger charge is -2.47. The Labute approximate surface area is 256 Å². The van der Waals surface area contributed by atoms with E-state index in [4.69, 9.17) is 39.1 Å². The number of nitrogen functional groups attached to an aromatic ring is 2. The molecule has 0 spiro atoms. The number of nitrogens with zero attached hydrogens (tertiary/aromatic N) is 8. The van der Waals surface area contributed by atoms with Crippen LogP contribution in [0.2, 0.25) is 10.3 Å². The molecule has 0 aromatic carbocycles. The van der Waals surface area contributed by atoms with Gasteiger partial charge >= 0.3 is 6.01 Å². The van der Waals surface area contributed by atoms with Crippen molar-refractivity contribution in [3.63, 3.8) is 0 Å². The quantitative estimate of drug-likeness (QED) is 0.325. The van der Waals surface area contributed by atoms with Crippen LogP contribution >= 0.6 is 23.2 Å². The second-order valence-corrected chi connectivity index (χ2v) is 10.6. The van der Waals surface area contributed by atoms with E-state index in [1.54, 1.807) is 12.1 Å². The topological polar surface area (TPSA) is 168 Å². The molecule has 1 amide bonds. The van der Waals surface area contributed by atoms with Crippen LogP contribution in [-0.2, 0) is 0 Å². The van der Waals surface area contributed by atoms with Gasteiger partial charge in [-0.1, -0.05) is 49.1 Å². The van der Waals surface area contributed by atoms with E-state index in [0.29, 0.717) is 37.1 Å². The van der Waals surface area contributed by atoms with E-state index in [0.717, 1.165) is 38.9 Å². The number of halogens is 2. The molecule has 2 saturated heterocycles. The number of piperidine rings is 1. The standard InChI is InChI=1S/C25H33Cl2N11O2.C2H6/c1-3-14-13-37(22-19(27)32-18(21(29)33-22)23-34-35-25(40-23)30-4-2)11-12-38(14)15-7-9-36(10-8-15)24(39)16-5-6-17(26)31-20(16)28;1-2/h5-6,14-15H,3-4,7-13H2,1-2H3,(H2,28,31)(H2,29,33)(H,30,35);1-2H3. The molecule has 1 unspecified atom stereocenters. The van der Waals surface area contributed by atoms with Crippen LogP contribution in [0.1, 0.15) is 57.3 Å². The van der Waals surface area contributed by atoms with Gasteiger partial charge in [0.2, 0.25) is 0 Å². The number of carbonyl (C=O) groups excluding carboxylic acids is 1. The lowest BCUT2D eigenvalue weighted by atomic mass is 9.97. The molecule has 13 nitrogen and oxygen atoms in total. The zero-order chi connectivity index (χ0) is 30.4. The Bertz CT molecular complexity index is 1360. The summed E-state index contributed by atoms with van der Waals surface area (Å²) >= 11 is 12.5. The molecule has 5 N–H and O–H groups in total. The number of rotatable bonds is 7. The first-order chi connectivity index (χ1) is 20.3. The number of hydrogen-bond acceptors (Lipinski definition) is 12. The van der Waals surface area contributed by atoms with E-state index < -0.39 is 0 Å². The molecular weight excluding hydrogens is 581 g/mol. The molecule has 42 heavy (non-hydrogen) atoms. The number of anilines is 4. The van der Waals surface area contributed by atoms with Crippen LogP contribution in [-0.4, -0.2) is 92.2 Å². The van der Waals surface area contributed by atoms with Crippen molar-refractivity contribution in [2.75, 3.05) is 61.0 Å². The molecule has 0 bridgehead atoms. The average molecular weight is 621 g/mol. The molecule has 15 heteroatoms. The number of hydrogen-bond donors (Lipinski definition) is 3. The molecule has 2 aliphatic rings. The minimum Gasteiger partial charge on any atom is -0.402 e. The van der Waals surface area contributed by atoms with Gasteiger partial charge in [-0.15, -0.1) is 5.10 Å². The van der Waals surface area contributed by atoms with E-state index in [9.17, 15) is 4.79 Å². The molecule has 0 aliphatic carbocycles. The van der Waals surface area contributed by atoms with Crippen molar-refractivity contribution in [2.24, 2.45) is 0 Å². The number of nitrogens with two attached hydrogens (primary N) is 2. The van der Waals surface area contributed by atoms with Crippen molar-refractivity contribution in [1.29, 1.82) is 0 Å². The third-order valence-corrected chi connectivity index (χ3v) is 7.92. The van der Waals surface area contributed by atoms with Crippen molar-refractivity contribution >= 4 is 52.6 Å². The minimum atomic E-state index is -0.107. The summed E-state index contributed by atoms with van der Waals surface area (Å²) < 4.78 is 5.57. The van der Waals surface area contributed by atoms with Gasteiger partial charge in [-0.3, -0.25) is 9.69 Å². The smallest absolute Gasteiger partial charge is 0.315 e. The molecule has 0 radical (unpaired) electrons. The van der Waals surface area contributed by atoms with E-state index in [1.807, 2.05) is 25.7 Å². The van der Waals surface area contributed by atoms with Gasteiger partial charge in [0.15, 0.2) is 22.5 Å². The SMILES string of the molecule is CC.CCNc1nnc(-c2nc(Cl)c(N3CCN(C4CCN(C(=O)c5ccc(Cl)nc5N)CC4)C(CC)C3)nc2N)o1. The summed E-state index contributed by atoms with van der Waals surface area (Å²) in [7, 11) is 0. The molecule has 1 atom stereocenters. The van der Waals surface area contributed by atoms with Crippen molar-refractivity contribution in [2.45, 2.75) is 59.0 Å². The Morgan fingerprint density at radius 1 is 1.02 bits per heavy atom. The second-order valence-electron chi connectivity index (χ2n) is 9.85. The first-order valence-corrected chi connectivity index (χ1v) is 15.2. The summed E-state index contributed by atoms with van der Waals surface area (Å²) in [5.41, 5.74) is 12.8. The predicted molar refractivity (Wildman–Crippen MR) is 166 cm³/mol. The maximum atomic E-state index is 13.0. The highest BCUT2D eigenvalue weighted by atomic mass is 35.5. The third kappa shape index (κ3) is 6.79. The van der Waals surface area contributed by atoms with E-state index >= 15 is 0 Å². The average Bonchev–Trinajstić information content (AvgIpc) is 3.47. The Hall–Kier alpha value is -3.42. The van der Waals surface area contributed by atoms with Crippen LogP contribution in [0.25, 0.3) is 11.6 Å². The number of piperazine rings is 1. The van der Waals surface area contributed by atoms with Crippen LogP contribution in [0.5, 0.6) is 0 Å². The third-order valence-electron chi connectivity index (χ3n) is 7.46. The first-order valence-electron chi connectivity index (χ1n) is 14.4. The van der Waals surface area contributed by atoms with Crippen molar-refractivity contribution in [1.82, 2.24) is 34.9 Å².